The number of hydrogen-bond donors (Lipinski definition) is 0. The van der Waals surface area contributed by atoms with Crippen molar-refractivity contribution in [2.24, 2.45) is 0 Å². The molecule has 1 aliphatic rings. The smallest absolute Gasteiger partial charge is 0.253 e. The largest absolute Gasteiger partial charge is 0.339 e. The molecule has 0 radical (unpaired) electrons. The van der Waals surface area contributed by atoms with Gasteiger partial charge in [0.2, 0.25) is 5.89 Å². The van der Waals surface area contributed by atoms with Gasteiger partial charge in [-0.3, -0.25) is 4.79 Å². The highest BCUT2D eigenvalue weighted by atomic mass is 32.1. The predicted molar refractivity (Wildman–Crippen MR) is 95.9 cm³/mol. The number of hydrogen-bond acceptors (Lipinski definition) is 5. The van der Waals surface area contributed by atoms with Gasteiger partial charge < -0.3 is 9.42 Å². The number of likely N-dealkylation sites (tertiary alicyclic amines) is 1. The van der Waals surface area contributed by atoms with E-state index in [1.165, 1.54) is 4.88 Å². The van der Waals surface area contributed by atoms with E-state index >= 15 is 0 Å². The lowest BCUT2D eigenvalue weighted by molar-refractivity contribution is 0.0789. The van der Waals surface area contributed by atoms with Gasteiger partial charge in [0.15, 0.2) is 5.82 Å². The maximum atomic E-state index is 12.7. The summed E-state index contributed by atoms with van der Waals surface area (Å²) in [5.41, 5.74) is 1.83. The van der Waals surface area contributed by atoms with Crippen LogP contribution < -0.4 is 0 Å². The zero-order valence-electron chi connectivity index (χ0n) is 14.0. The van der Waals surface area contributed by atoms with Crippen LogP contribution in [0.3, 0.4) is 0 Å². The average Bonchev–Trinajstić information content (AvgIpc) is 3.36. The number of benzene rings is 1. The Kier molecular flexibility index (Phi) is 4.36. The highest BCUT2D eigenvalue weighted by Gasteiger charge is 2.31. The van der Waals surface area contributed by atoms with Gasteiger partial charge in [-0.1, -0.05) is 28.9 Å². The standard InChI is InChI=1S/C19H19N3O2S/c1-13-4-2-5-14(10-13)19(23)22-8-7-15(12-22)18-20-17(21-24-18)11-16-6-3-9-25-16/h2-6,9-10,15H,7-8,11-12H2,1H3/t15-/m1/s1. The van der Waals surface area contributed by atoms with Gasteiger partial charge in [0.1, 0.15) is 0 Å². The third-order valence-electron chi connectivity index (χ3n) is 4.49. The lowest BCUT2D eigenvalue weighted by Gasteiger charge is -2.16. The fraction of sp³-hybridized carbons (Fsp3) is 0.316. The molecule has 1 aromatic carbocycles. The fourth-order valence-electron chi connectivity index (χ4n) is 3.18. The lowest BCUT2D eigenvalue weighted by atomic mass is 10.1. The van der Waals surface area contributed by atoms with Crippen LogP contribution in [0.4, 0.5) is 0 Å². The Bertz CT molecular complexity index is 872. The molecular formula is C19H19N3O2S. The number of carbonyl (C=O) groups excluding carboxylic acids is 1. The quantitative estimate of drug-likeness (QED) is 0.718. The summed E-state index contributed by atoms with van der Waals surface area (Å²) in [6, 6.07) is 11.8. The monoisotopic (exact) mass is 353 g/mol. The summed E-state index contributed by atoms with van der Waals surface area (Å²) in [5.74, 6) is 1.55. The molecule has 1 saturated heterocycles. The summed E-state index contributed by atoms with van der Waals surface area (Å²) in [4.78, 5) is 20.3. The molecule has 4 rings (SSSR count). The van der Waals surface area contributed by atoms with E-state index < -0.39 is 0 Å². The van der Waals surface area contributed by atoms with Crippen molar-refractivity contribution >= 4 is 17.2 Å². The number of amides is 1. The summed E-state index contributed by atoms with van der Waals surface area (Å²) >= 11 is 1.69. The van der Waals surface area contributed by atoms with Crippen molar-refractivity contribution in [3.63, 3.8) is 0 Å². The topological polar surface area (TPSA) is 59.2 Å². The molecule has 1 atom stereocenters. The van der Waals surface area contributed by atoms with E-state index in [0.717, 1.165) is 24.1 Å². The van der Waals surface area contributed by atoms with Gasteiger partial charge in [0.25, 0.3) is 5.91 Å². The average molecular weight is 353 g/mol. The maximum absolute atomic E-state index is 12.7. The minimum absolute atomic E-state index is 0.0736. The van der Waals surface area contributed by atoms with Crippen molar-refractivity contribution in [1.82, 2.24) is 15.0 Å². The van der Waals surface area contributed by atoms with E-state index in [1.807, 2.05) is 47.5 Å². The van der Waals surface area contributed by atoms with Crippen LogP contribution in [0.1, 0.15) is 44.9 Å². The highest BCUT2D eigenvalue weighted by molar-refractivity contribution is 7.09. The van der Waals surface area contributed by atoms with Gasteiger partial charge in [0, 0.05) is 30.0 Å². The van der Waals surface area contributed by atoms with Crippen molar-refractivity contribution in [3.8, 4) is 0 Å². The molecule has 0 saturated carbocycles. The Balaban J connectivity index is 1.42. The molecule has 2 aromatic heterocycles. The van der Waals surface area contributed by atoms with Gasteiger partial charge >= 0.3 is 0 Å². The molecular weight excluding hydrogens is 334 g/mol. The first kappa shape index (κ1) is 16.0. The fourth-order valence-corrected chi connectivity index (χ4v) is 3.88. The summed E-state index contributed by atoms with van der Waals surface area (Å²) < 4.78 is 5.46. The number of rotatable bonds is 4. The van der Waals surface area contributed by atoms with Crippen molar-refractivity contribution in [1.29, 1.82) is 0 Å². The van der Waals surface area contributed by atoms with Gasteiger partial charge in [0.05, 0.1) is 5.92 Å². The molecule has 0 spiro atoms. The Hall–Kier alpha value is -2.47. The summed E-state index contributed by atoms with van der Waals surface area (Å²) in [7, 11) is 0. The maximum Gasteiger partial charge on any atom is 0.253 e. The summed E-state index contributed by atoms with van der Waals surface area (Å²) in [5, 5.41) is 6.14. The number of nitrogens with zero attached hydrogens (tertiary/aromatic N) is 3. The van der Waals surface area contributed by atoms with Gasteiger partial charge in [-0.2, -0.15) is 4.98 Å². The van der Waals surface area contributed by atoms with E-state index in [4.69, 9.17) is 4.52 Å². The van der Waals surface area contributed by atoms with Crippen molar-refractivity contribution in [3.05, 3.63) is 69.5 Å². The minimum atomic E-state index is 0.0736. The van der Waals surface area contributed by atoms with Crippen LogP contribution in [-0.2, 0) is 6.42 Å². The predicted octanol–water partition coefficient (Wildman–Crippen LogP) is 3.66. The van der Waals surface area contributed by atoms with Crippen LogP contribution in [0, 0.1) is 6.92 Å². The number of thiophene rings is 1. The Labute approximate surface area is 150 Å². The van der Waals surface area contributed by atoms with Gasteiger partial charge in [-0.05, 0) is 36.9 Å². The zero-order chi connectivity index (χ0) is 17.2. The Morgan fingerprint density at radius 2 is 2.28 bits per heavy atom. The molecule has 3 heterocycles. The molecule has 0 aliphatic carbocycles. The first-order valence-corrected chi connectivity index (χ1v) is 9.28. The molecule has 0 unspecified atom stereocenters. The molecule has 3 aromatic rings. The van der Waals surface area contributed by atoms with Crippen molar-refractivity contribution < 1.29 is 9.32 Å². The van der Waals surface area contributed by atoms with E-state index in [0.29, 0.717) is 24.7 Å². The minimum Gasteiger partial charge on any atom is -0.339 e. The molecule has 25 heavy (non-hydrogen) atoms. The Morgan fingerprint density at radius 3 is 3.08 bits per heavy atom. The molecule has 1 amide bonds. The third-order valence-corrected chi connectivity index (χ3v) is 5.36. The lowest BCUT2D eigenvalue weighted by Crippen LogP contribution is -2.28. The normalized spacial score (nSPS) is 17.2. The third kappa shape index (κ3) is 3.49. The van der Waals surface area contributed by atoms with Crippen molar-refractivity contribution in [2.45, 2.75) is 25.7 Å². The second-order valence-corrected chi connectivity index (χ2v) is 7.44. The SMILES string of the molecule is Cc1cccc(C(=O)N2CC[C@@H](c3nc(Cc4cccs4)no3)C2)c1. The molecule has 1 fully saturated rings. The molecule has 6 heteroatoms. The molecule has 0 bridgehead atoms. The molecule has 5 nitrogen and oxygen atoms in total. The summed E-state index contributed by atoms with van der Waals surface area (Å²) in [6.07, 6.45) is 1.55. The number of aryl methyl sites for hydroxylation is 1. The van der Waals surface area contributed by atoms with Gasteiger partial charge in [-0.25, -0.2) is 0 Å². The number of carbonyl (C=O) groups is 1. The van der Waals surface area contributed by atoms with E-state index in [2.05, 4.69) is 16.2 Å². The van der Waals surface area contributed by atoms with E-state index in [1.54, 1.807) is 11.3 Å². The zero-order valence-corrected chi connectivity index (χ0v) is 14.8. The van der Waals surface area contributed by atoms with Crippen LogP contribution in [0.2, 0.25) is 0 Å². The molecule has 0 N–H and O–H groups in total. The van der Waals surface area contributed by atoms with E-state index in [9.17, 15) is 4.79 Å². The van der Waals surface area contributed by atoms with Crippen LogP contribution in [-0.4, -0.2) is 34.0 Å². The first-order chi connectivity index (χ1) is 12.2. The molecule has 1 aliphatic heterocycles. The number of aromatic nitrogens is 2. The van der Waals surface area contributed by atoms with Gasteiger partial charge in [-0.15, -0.1) is 11.3 Å². The second kappa shape index (κ2) is 6.80. The summed E-state index contributed by atoms with van der Waals surface area (Å²) in [6.45, 7) is 3.35. The van der Waals surface area contributed by atoms with Crippen LogP contribution >= 0.6 is 11.3 Å². The molecule has 128 valence electrons. The van der Waals surface area contributed by atoms with Crippen molar-refractivity contribution in [2.75, 3.05) is 13.1 Å². The van der Waals surface area contributed by atoms with Crippen LogP contribution in [0.15, 0.2) is 46.3 Å². The van der Waals surface area contributed by atoms with Crippen LogP contribution in [0.5, 0.6) is 0 Å². The first-order valence-electron chi connectivity index (χ1n) is 8.40. The Morgan fingerprint density at radius 1 is 1.36 bits per heavy atom. The van der Waals surface area contributed by atoms with Crippen LogP contribution in [0.25, 0.3) is 0 Å². The van der Waals surface area contributed by atoms with E-state index in [-0.39, 0.29) is 11.8 Å². The second-order valence-electron chi connectivity index (χ2n) is 6.41. The highest BCUT2D eigenvalue weighted by Crippen LogP contribution is 2.27.